The Morgan fingerprint density at radius 2 is 1.86 bits per heavy atom. The Hall–Kier alpha value is -2.72. The summed E-state index contributed by atoms with van der Waals surface area (Å²) in [6, 6.07) is 17.6. The largest absolute Gasteiger partial charge is 0.442 e. The fourth-order valence-corrected chi connectivity index (χ4v) is 3.43. The highest BCUT2D eigenvalue weighted by Crippen LogP contribution is 2.25. The van der Waals surface area contributed by atoms with Crippen molar-refractivity contribution in [2.45, 2.75) is 40.0 Å². The van der Waals surface area contributed by atoms with E-state index in [1.54, 1.807) is 0 Å². The minimum Gasteiger partial charge on any atom is -0.442 e. The Kier molecular flexibility index (Phi) is 6.99. The summed E-state index contributed by atoms with van der Waals surface area (Å²) in [4.78, 5) is 12.7. The number of nitrogens with zero attached hydrogens (tertiary/aromatic N) is 1. The molecule has 0 spiro atoms. The third-order valence-corrected chi connectivity index (χ3v) is 5.09. The van der Waals surface area contributed by atoms with Gasteiger partial charge in [0.05, 0.1) is 10.7 Å². The highest BCUT2D eigenvalue weighted by Gasteiger charge is 2.24. The number of carbonyl (C=O) groups is 1. The van der Waals surface area contributed by atoms with Crippen LogP contribution in [0.5, 0.6) is 0 Å². The number of carbonyl (C=O) groups excluding carboxylic acids is 1. The number of benzene rings is 2. The number of hydrogen-bond donors (Lipinski definition) is 1. The lowest BCUT2D eigenvalue weighted by molar-refractivity contribution is -0.149. The Morgan fingerprint density at radius 3 is 2.55 bits per heavy atom. The lowest BCUT2D eigenvalue weighted by Crippen LogP contribution is -2.36. The van der Waals surface area contributed by atoms with Gasteiger partial charge in [-0.1, -0.05) is 61.8 Å². The first-order valence-corrected chi connectivity index (χ1v) is 10.2. The van der Waals surface area contributed by atoms with E-state index >= 15 is 0 Å². The van der Waals surface area contributed by atoms with Crippen LogP contribution in [0.3, 0.4) is 0 Å². The molecular weight excluding hydrogens is 384 g/mol. The van der Waals surface area contributed by atoms with Crippen molar-refractivity contribution in [3.8, 4) is 0 Å². The lowest BCUT2D eigenvalue weighted by atomic mass is 10.0. The maximum atomic E-state index is 12.7. The average molecular weight is 411 g/mol. The molecule has 0 fully saturated rings. The predicted molar refractivity (Wildman–Crippen MR) is 118 cm³/mol. The summed E-state index contributed by atoms with van der Waals surface area (Å²) >= 11 is 6.31. The van der Waals surface area contributed by atoms with Crippen LogP contribution in [0.2, 0.25) is 5.02 Å². The Balaban J connectivity index is 1.59. The van der Waals surface area contributed by atoms with Gasteiger partial charge in [0.1, 0.15) is 6.04 Å². The molecule has 1 unspecified atom stereocenters. The van der Waals surface area contributed by atoms with Crippen molar-refractivity contribution < 1.29 is 9.53 Å². The Bertz CT molecular complexity index is 951. The molecule has 0 bridgehead atoms. The zero-order valence-corrected chi connectivity index (χ0v) is 17.8. The topological polar surface area (TPSA) is 43.3 Å². The molecule has 4 nitrogen and oxygen atoms in total. The second kappa shape index (κ2) is 9.66. The van der Waals surface area contributed by atoms with E-state index in [0.717, 1.165) is 17.7 Å². The third-order valence-electron chi connectivity index (χ3n) is 4.77. The number of esters is 1. The van der Waals surface area contributed by atoms with Crippen molar-refractivity contribution >= 4 is 23.3 Å². The molecule has 0 aliphatic carbocycles. The summed E-state index contributed by atoms with van der Waals surface area (Å²) in [5.41, 5.74) is 4.24. The van der Waals surface area contributed by atoms with Gasteiger partial charge in [-0.2, -0.15) is 0 Å². The first-order valence-electron chi connectivity index (χ1n) is 9.80. The molecule has 0 aliphatic rings. The molecule has 0 amide bonds. The van der Waals surface area contributed by atoms with Crippen molar-refractivity contribution in [1.82, 2.24) is 4.57 Å². The normalized spacial score (nSPS) is 12.0. The SMILES string of the molecule is Cc1ccc(NC(C(=O)OCn2ccc(Cc3ccccc3)c2)C(C)C)c(Cl)c1. The number of aryl methyl sites for hydroxylation is 1. The van der Waals surface area contributed by atoms with Crippen LogP contribution in [-0.4, -0.2) is 16.6 Å². The van der Waals surface area contributed by atoms with Crippen LogP contribution in [0.1, 0.15) is 30.5 Å². The van der Waals surface area contributed by atoms with Gasteiger partial charge in [-0.15, -0.1) is 0 Å². The Labute approximate surface area is 177 Å². The molecule has 1 atom stereocenters. The molecule has 2 aromatic carbocycles. The van der Waals surface area contributed by atoms with Crippen LogP contribution in [0.4, 0.5) is 5.69 Å². The molecule has 0 aliphatic heterocycles. The van der Waals surface area contributed by atoms with Crippen LogP contribution >= 0.6 is 11.6 Å². The van der Waals surface area contributed by atoms with Gasteiger partial charge in [0.25, 0.3) is 0 Å². The van der Waals surface area contributed by atoms with E-state index in [9.17, 15) is 4.79 Å². The molecule has 29 heavy (non-hydrogen) atoms. The maximum Gasteiger partial charge on any atom is 0.330 e. The van der Waals surface area contributed by atoms with Gasteiger partial charge in [-0.3, -0.25) is 0 Å². The number of halogens is 1. The number of aromatic nitrogens is 1. The molecule has 0 saturated carbocycles. The maximum absolute atomic E-state index is 12.7. The molecular formula is C24H27ClN2O2. The van der Waals surface area contributed by atoms with Crippen LogP contribution in [0.15, 0.2) is 67.0 Å². The summed E-state index contributed by atoms with van der Waals surface area (Å²) in [5, 5.41) is 3.83. The lowest BCUT2D eigenvalue weighted by Gasteiger charge is -2.22. The number of anilines is 1. The number of nitrogens with one attached hydrogen (secondary N) is 1. The van der Waals surface area contributed by atoms with E-state index in [1.807, 2.05) is 80.2 Å². The van der Waals surface area contributed by atoms with Crippen LogP contribution in [0.25, 0.3) is 0 Å². The average Bonchev–Trinajstić information content (AvgIpc) is 3.13. The van der Waals surface area contributed by atoms with Crippen LogP contribution in [0, 0.1) is 12.8 Å². The van der Waals surface area contributed by atoms with Gasteiger partial charge in [-0.25, -0.2) is 4.79 Å². The summed E-state index contributed by atoms with van der Waals surface area (Å²) in [6.45, 7) is 6.12. The predicted octanol–water partition coefficient (Wildman–Crippen LogP) is 5.68. The van der Waals surface area contributed by atoms with E-state index in [4.69, 9.17) is 16.3 Å². The van der Waals surface area contributed by atoms with Crippen LogP contribution < -0.4 is 5.32 Å². The Morgan fingerprint density at radius 1 is 1.10 bits per heavy atom. The van der Waals surface area contributed by atoms with Gasteiger partial charge in [0, 0.05) is 12.4 Å². The summed E-state index contributed by atoms with van der Waals surface area (Å²) in [6.07, 6.45) is 4.79. The zero-order valence-electron chi connectivity index (χ0n) is 17.1. The van der Waals surface area contributed by atoms with Gasteiger partial charge in [-0.05, 0) is 54.2 Å². The number of hydrogen-bond acceptors (Lipinski definition) is 3. The van der Waals surface area contributed by atoms with E-state index in [0.29, 0.717) is 5.02 Å². The minimum atomic E-state index is -0.477. The first kappa shape index (κ1) is 21.0. The number of rotatable bonds is 8. The second-order valence-electron chi connectivity index (χ2n) is 7.64. The molecule has 1 aromatic heterocycles. The van der Waals surface area contributed by atoms with Crippen LogP contribution in [-0.2, 0) is 22.7 Å². The quantitative estimate of drug-likeness (QED) is 0.486. The van der Waals surface area contributed by atoms with Gasteiger partial charge in [0.15, 0.2) is 6.73 Å². The fraction of sp³-hybridized carbons (Fsp3) is 0.292. The highest BCUT2D eigenvalue weighted by molar-refractivity contribution is 6.33. The molecule has 3 aromatic rings. The molecule has 1 N–H and O–H groups in total. The van der Waals surface area contributed by atoms with E-state index in [1.165, 1.54) is 11.1 Å². The van der Waals surface area contributed by atoms with Gasteiger partial charge >= 0.3 is 5.97 Å². The van der Waals surface area contributed by atoms with Crippen molar-refractivity contribution in [3.63, 3.8) is 0 Å². The van der Waals surface area contributed by atoms with Crippen molar-refractivity contribution in [3.05, 3.63) is 88.7 Å². The molecule has 152 valence electrons. The molecule has 0 saturated heterocycles. The fourth-order valence-electron chi connectivity index (χ4n) is 3.14. The smallest absolute Gasteiger partial charge is 0.330 e. The second-order valence-corrected chi connectivity index (χ2v) is 8.05. The summed E-state index contributed by atoms with van der Waals surface area (Å²) in [5.74, 6) is -0.242. The van der Waals surface area contributed by atoms with Crippen molar-refractivity contribution in [1.29, 1.82) is 0 Å². The highest BCUT2D eigenvalue weighted by atomic mass is 35.5. The molecule has 0 radical (unpaired) electrons. The summed E-state index contributed by atoms with van der Waals surface area (Å²) < 4.78 is 7.45. The molecule has 5 heteroatoms. The van der Waals surface area contributed by atoms with Gasteiger partial charge < -0.3 is 14.6 Å². The third kappa shape index (κ3) is 5.88. The number of ether oxygens (including phenoxy) is 1. The molecule has 1 heterocycles. The molecule has 3 rings (SSSR count). The van der Waals surface area contributed by atoms with Gasteiger partial charge in [0.2, 0.25) is 0 Å². The van der Waals surface area contributed by atoms with E-state index in [2.05, 4.69) is 17.4 Å². The minimum absolute atomic E-state index is 0.0539. The standard InChI is InChI=1S/C24H27ClN2O2/c1-17(2)23(26-22-10-9-18(3)13-21(22)25)24(28)29-16-27-12-11-20(15-27)14-19-7-5-4-6-8-19/h4-13,15,17,23,26H,14,16H2,1-3H3. The van der Waals surface area contributed by atoms with Crippen molar-refractivity contribution in [2.24, 2.45) is 5.92 Å². The zero-order chi connectivity index (χ0) is 20.8. The monoisotopic (exact) mass is 410 g/mol. The van der Waals surface area contributed by atoms with E-state index < -0.39 is 6.04 Å². The first-order chi connectivity index (χ1) is 13.9. The van der Waals surface area contributed by atoms with E-state index in [-0.39, 0.29) is 18.6 Å². The summed E-state index contributed by atoms with van der Waals surface area (Å²) in [7, 11) is 0. The van der Waals surface area contributed by atoms with Crippen molar-refractivity contribution in [2.75, 3.05) is 5.32 Å².